The highest BCUT2D eigenvalue weighted by Gasteiger charge is 2.16. The smallest absolute Gasteiger partial charge is 0.239 e. The van der Waals surface area contributed by atoms with Crippen molar-refractivity contribution in [2.45, 2.75) is 24.6 Å². The zero-order chi connectivity index (χ0) is 14.0. The Hall–Kier alpha value is -0.720. The minimum Gasteiger partial charge on any atom is -0.301 e. The van der Waals surface area contributed by atoms with E-state index in [0.717, 1.165) is 12.8 Å². The first-order valence-corrected chi connectivity index (χ1v) is 7.82. The average Bonchev–Trinajstić information content (AvgIpc) is 2.72. The van der Waals surface area contributed by atoms with Crippen molar-refractivity contribution in [2.24, 2.45) is 0 Å². The second-order valence-corrected chi connectivity index (χ2v) is 6.57. The van der Waals surface area contributed by atoms with Crippen LogP contribution in [0.4, 0.5) is 9.52 Å². The van der Waals surface area contributed by atoms with Crippen molar-refractivity contribution in [2.75, 3.05) is 5.32 Å². The SMILES string of the molecule is CCC[C@@H](Br)C(=O)Nc1nc2c(F)cc(Cl)cc2s1. The highest BCUT2D eigenvalue weighted by Crippen LogP contribution is 2.30. The number of anilines is 1. The first kappa shape index (κ1) is 14.7. The highest BCUT2D eigenvalue weighted by molar-refractivity contribution is 9.10. The van der Waals surface area contributed by atoms with Crippen molar-refractivity contribution in [1.82, 2.24) is 4.98 Å². The van der Waals surface area contributed by atoms with Gasteiger partial charge in [0.15, 0.2) is 10.9 Å². The largest absolute Gasteiger partial charge is 0.301 e. The van der Waals surface area contributed by atoms with E-state index in [0.29, 0.717) is 14.9 Å². The van der Waals surface area contributed by atoms with Gasteiger partial charge in [-0.15, -0.1) is 0 Å². The number of halogens is 3. The molecule has 7 heteroatoms. The molecule has 1 heterocycles. The van der Waals surface area contributed by atoms with E-state index >= 15 is 0 Å². The van der Waals surface area contributed by atoms with Gasteiger partial charge in [0.2, 0.25) is 5.91 Å². The number of amides is 1. The lowest BCUT2D eigenvalue weighted by Crippen LogP contribution is -2.22. The molecule has 0 fully saturated rings. The molecular formula is C12H11BrClFN2OS. The van der Waals surface area contributed by atoms with E-state index in [9.17, 15) is 9.18 Å². The standard InChI is InChI=1S/C12H11BrClFN2OS/c1-2-3-7(13)11(18)17-12-16-10-8(15)4-6(14)5-9(10)19-12/h4-5,7H,2-3H2,1H3,(H,16,17,18)/t7-/m1/s1. The molecule has 1 amide bonds. The number of nitrogens with zero attached hydrogens (tertiary/aromatic N) is 1. The van der Waals surface area contributed by atoms with E-state index in [1.54, 1.807) is 6.07 Å². The summed E-state index contributed by atoms with van der Waals surface area (Å²) < 4.78 is 14.2. The van der Waals surface area contributed by atoms with Gasteiger partial charge in [0, 0.05) is 5.02 Å². The van der Waals surface area contributed by atoms with Crippen LogP contribution in [0, 0.1) is 5.82 Å². The van der Waals surface area contributed by atoms with Crippen LogP contribution < -0.4 is 5.32 Å². The fourth-order valence-electron chi connectivity index (χ4n) is 1.58. The first-order valence-electron chi connectivity index (χ1n) is 5.71. The van der Waals surface area contributed by atoms with Crippen LogP contribution in [0.25, 0.3) is 10.2 Å². The number of carbonyl (C=O) groups is 1. The summed E-state index contributed by atoms with van der Waals surface area (Å²) in [6.45, 7) is 2.00. The second-order valence-electron chi connectivity index (χ2n) is 4.00. The minimum absolute atomic E-state index is 0.174. The summed E-state index contributed by atoms with van der Waals surface area (Å²) in [6, 6.07) is 2.84. The molecule has 0 aliphatic rings. The molecule has 1 aromatic carbocycles. The van der Waals surface area contributed by atoms with Crippen molar-refractivity contribution in [3.63, 3.8) is 0 Å². The van der Waals surface area contributed by atoms with Crippen LogP contribution in [0.15, 0.2) is 12.1 Å². The van der Waals surface area contributed by atoms with Gasteiger partial charge < -0.3 is 5.32 Å². The molecule has 2 rings (SSSR count). The predicted octanol–water partition coefficient (Wildman–Crippen LogP) is 4.59. The molecule has 0 saturated heterocycles. The molecule has 0 aliphatic heterocycles. The van der Waals surface area contributed by atoms with Crippen LogP contribution >= 0.6 is 38.9 Å². The summed E-state index contributed by atoms with van der Waals surface area (Å²) in [7, 11) is 0. The van der Waals surface area contributed by atoms with Gasteiger partial charge in [-0.05, 0) is 18.6 Å². The van der Waals surface area contributed by atoms with Gasteiger partial charge in [-0.2, -0.15) is 0 Å². The van der Waals surface area contributed by atoms with Crippen LogP contribution in [-0.2, 0) is 4.79 Å². The Morgan fingerprint density at radius 1 is 1.63 bits per heavy atom. The lowest BCUT2D eigenvalue weighted by atomic mass is 10.2. The molecule has 1 N–H and O–H groups in total. The maximum atomic E-state index is 13.6. The number of fused-ring (bicyclic) bond motifs is 1. The van der Waals surface area contributed by atoms with Crippen molar-refractivity contribution in [3.05, 3.63) is 23.0 Å². The summed E-state index contributed by atoms with van der Waals surface area (Å²) in [5.74, 6) is -0.657. The lowest BCUT2D eigenvalue weighted by molar-refractivity contribution is -0.115. The zero-order valence-electron chi connectivity index (χ0n) is 10.0. The van der Waals surface area contributed by atoms with E-state index in [2.05, 4.69) is 26.2 Å². The molecule has 2 aromatic rings. The topological polar surface area (TPSA) is 42.0 Å². The number of hydrogen-bond donors (Lipinski definition) is 1. The fraction of sp³-hybridized carbons (Fsp3) is 0.333. The number of benzene rings is 1. The van der Waals surface area contributed by atoms with E-state index in [4.69, 9.17) is 11.6 Å². The maximum Gasteiger partial charge on any atom is 0.239 e. The number of alkyl halides is 1. The molecular weight excluding hydrogens is 355 g/mol. The third-order valence-corrected chi connectivity index (χ3v) is 4.48. The molecule has 0 unspecified atom stereocenters. The number of aromatic nitrogens is 1. The summed E-state index contributed by atoms with van der Waals surface area (Å²) in [4.78, 5) is 15.6. The minimum atomic E-state index is -0.483. The molecule has 0 spiro atoms. The van der Waals surface area contributed by atoms with Crippen molar-refractivity contribution < 1.29 is 9.18 Å². The van der Waals surface area contributed by atoms with Crippen molar-refractivity contribution in [1.29, 1.82) is 0 Å². The number of thiazole rings is 1. The zero-order valence-corrected chi connectivity index (χ0v) is 13.2. The fourth-order valence-corrected chi connectivity index (χ4v) is 3.34. The molecule has 1 aromatic heterocycles. The van der Waals surface area contributed by atoms with Crippen LogP contribution in [-0.4, -0.2) is 15.7 Å². The summed E-state index contributed by atoms with van der Waals surface area (Å²) in [5, 5.41) is 3.37. The Morgan fingerprint density at radius 2 is 2.37 bits per heavy atom. The normalized spacial score (nSPS) is 12.6. The summed E-state index contributed by atoms with van der Waals surface area (Å²) in [5.41, 5.74) is 0.228. The number of carbonyl (C=O) groups excluding carboxylic acids is 1. The van der Waals surface area contributed by atoms with Crippen molar-refractivity contribution >= 4 is 60.1 Å². The molecule has 3 nitrogen and oxygen atoms in total. The average molecular weight is 366 g/mol. The summed E-state index contributed by atoms with van der Waals surface area (Å²) in [6.07, 6.45) is 1.63. The molecule has 0 radical (unpaired) electrons. The molecule has 0 bridgehead atoms. The van der Waals surface area contributed by atoms with Gasteiger partial charge in [0.1, 0.15) is 5.52 Å². The molecule has 102 valence electrons. The number of hydrogen-bond acceptors (Lipinski definition) is 3. The second kappa shape index (κ2) is 6.15. The van der Waals surface area contributed by atoms with Crippen LogP contribution in [0.2, 0.25) is 5.02 Å². The van der Waals surface area contributed by atoms with Crippen molar-refractivity contribution in [3.8, 4) is 0 Å². The third-order valence-electron chi connectivity index (χ3n) is 2.47. The monoisotopic (exact) mass is 364 g/mol. The van der Waals surface area contributed by atoms with Gasteiger partial charge in [-0.25, -0.2) is 9.37 Å². The first-order chi connectivity index (χ1) is 9.01. The van der Waals surface area contributed by atoms with Crippen LogP contribution in [0.3, 0.4) is 0 Å². The molecule has 0 aliphatic carbocycles. The van der Waals surface area contributed by atoms with Crippen LogP contribution in [0.1, 0.15) is 19.8 Å². The molecule has 1 atom stereocenters. The molecule has 0 saturated carbocycles. The van der Waals surface area contributed by atoms with E-state index in [1.807, 2.05) is 6.92 Å². The Labute approximate surface area is 127 Å². The number of nitrogens with one attached hydrogen (secondary N) is 1. The predicted molar refractivity (Wildman–Crippen MR) is 80.8 cm³/mol. The van der Waals surface area contributed by atoms with Gasteiger partial charge in [0.05, 0.1) is 9.53 Å². The molecule has 19 heavy (non-hydrogen) atoms. The van der Waals surface area contributed by atoms with Gasteiger partial charge in [-0.1, -0.05) is 52.2 Å². The Balaban J connectivity index is 2.22. The Morgan fingerprint density at radius 3 is 3.05 bits per heavy atom. The van der Waals surface area contributed by atoms with Crippen LogP contribution in [0.5, 0.6) is 0 Å². The summed E-state index contributed by atoms with van der Waals surface area (Å²) >= 11 is 10.3. The lowest BCUT2D eigenvalue weighted by Gasteiger charge is -2.06. The van der Waals surface area contributed by atoms with E-state index < -0.39 is 5.82 Å². The Kier molecular flexibility index (Phi) is 4.76. The Bertz CT molecular complexity index is 619. The van der Waals surface area contributed by atoms with Gasteiger partial charge in [0.25, 0.3) is 0 Å². The van der Waals surface area contributed by atoms with Gasteiger partial charge in [-0.3, -0.25) is 4.79 Å². The van der Waals surface area contributed by atoms with E-state index in [-0.39, 0.29) is 16.3 Å². The number of rotatable bonds is 4. The quantitative estimate of drug-likeness (QED) is 0.805. The third kappa shape index (κ3) is 3.43. The maximum absolute atomic E-state index is 13.6. The highest BCUT2D eigenvalue weighted by atomic mass is 79.9. The van der Waals surface area contributed by atoms with Gasteiger partial charge >= 0.3 is 0 Å². The van der Waals surface area contributed by atoms with E-state index in [1.165, 1.54) is 17.4 Å².